The molecule has 6 heteroatoms. The summed E-state index contributed by atoms with van der Waals surface area (Å²) in [7, 11) is -1.46. The molecule has 1 heterocycles. The largest absolute Gasteiger partial charge is 0.315 e. The molecule has 0 bridgehead atoms. The van der Waals surface area contributed by atoms with Crippen molar-refractivity contribution in [1.82, 2.24) is 10.0 Å². The Morgan fingerprint density at radius 1 is 1.25 bits per heavy atom. The predicted octanol–water partition coefficient (Wildman–Crippen LogP) is 2.72. The molecule has 0 unspecified atom stereocenters. The van der Waals surface area contributed by atoms with Crippen LogP contribution in [0, 0.1) is 5.92 Å². The molecule has 0 spiro atoms. The number of thiophene rings is 1. The lowest BCUT2D eigenvalue weighted by molar-refractivity contribution is 0.340. The lowest BCUT2D eigenvalue weighted by atomic mass is 9.87. The normalized spacial score (nSPS) is 17.4. The van der Waals surface area contributed by atoms with Crippen molar-refractivity contribution in [1.29, 1.82) is 0 Å². The molecule has 0 atom stereocenters. The molecule has 0 amide bonds. The van der Waals surface area contributed by atoms with Gasteiger partial charge in [0.1, 0.15) is 4.21 Å². The van der Waals surface area contributed by atoms with Crippen LogP contribution in [0.25, 0.3) is 0 Å². The van der Waals surface area contributed by atoms with E-state index < -0.39 is 10.0 Å². The van der Waals surface area contributed by atoms with Gasteiger partial charge in [-0.15, -0.1) is 11.3 Å². The predicted molar refractivity (Wildman–Crippen MR) is 83.5 cm³/mol. The number of nitrogens with one attached hydrogen (secondary N) is 2. The van der Waals surface area contributed by atoms with Crippen LogP contribution < -0.4 is 10.0 Å². The van der Waals surface area contributed by atoms with Crippen molar-refractivity contribution in [3.05, 3.63) is 17.0 Å². The minimum absolute atomic E-state index is 0.423. The number of hydrogen-bond acceptors (Lipinski definition) is 4. The summed E-state index contributed by atoms with van der Waals surface area (Å²) in [6.45, 7) is 1.27. The molecule has 1 aromatic rings. The maximum absolute atomic E-state index is 12.2. The Morgan fingerprint density at radius 2 is 2.00 bits per heavy atom. The first kappa shape index (κ1) is 15.9. The molecule has 1 aliphatic carbocycles. The zero-order chi connectivity index (χ0) is 14.4. The summed E-state index contributed by atoms with van der Waals surface area (Å²) in [4.78, 5) is 1.04. The molecule has 2 N–H and O–H groups in total. The van der Waals surface area contributed by atoms with Crippen LogP contribution in [0.5, 0.6) is 0 Å². The van der Waals surface area contributed by atoms with Crippen molar-refractivity contribution in [2.24, 2.45) is 5.92 Å². The van der Waals surface area contributed by atoms with Crippen molar-refractivity contribution < 1.29 is 8.42 Å². The molecule has 0 aromatic carbocycles. The van der Waals surface area contributed by atoms with E-state index in [-0.39, 0.29) is 0 Å². The third kappa shape index (κ3) is 4.55. The second kappa shape index (κ2) is 7.54. The second-order valence-electron chi connectivity index (χ2n) is 5.44. The van der Waals surface area contributed by atoms with Crippen molar-refractivity contribution in [3.63, 3.8) is 0 Å². The number of hydrogen-bond donors (Lipinski definition) is 2. The molecule has 20 heavy (non-hydrogen) atoms. The molecule has 114 valence electrons. The SMILES string of the molecule is CNCc1ccc(S(=O)(=O)NCCC2CCCCC2)s1. The molecule has 0 saturated heterocycles. The van der Waals surface area contributed by atoms with Gasteiger partial charge in [-0.3, -0.25) is 0 Å². The number of rotatable bonds is 7. The van der Waals surface area contributed by atoms with Gasteiger partial charge in [0.05, 0.1) is 0 Å². The Hall–Kier alpha value is -0.430. The summed E-state index contributed by atoms with van der Waals surface area (Å²) in [5.74, 6) is 0.703. The van der Waals surface area contributed by atoms with E-state index >= 15 is 0 Å². The first-order valence-electron chi connectivity index (χ1n) is 7.35. The van der Waals surface area contributed by atoms with E-state index in [2.05, 4.69) is 10.0 Å². The highest BCUT2D eigenvalue weighted by atomic mass is 32.2. The van der Waals surface area contributed by atoms with Gasteiger partial charge in [-0.1, -0.05) is 32.1 Å². The average molecular weight is 316 g/mol. The average Bonchev–Trinajstić information content (AvgIpc) is 2.90. The van der Waals surface area contributed by atoms with Gasteiger partial charge in [0.25, 0.3) is 0 Å². The summed E-state index contributed by atoms with van der Waals surface area (Å²) in [5.41, 5.74) is 0. The monoisotopic (exact) mass is 316 g/mol. The molecule has 0 aliphatic heterocycles. The summed E-state index contributed by atoms with van der Waals surface area (Å²) < 4.78 is 27.5. The number of sulfonamides is 1. The molecular formula is C14H24N2O2S2. The van der Waals surface area contributed by atoms with Crippen molar-refractivity contribution in [2.45, 2.75) is 49.3 Å². The van der Waals surface area contributed by atoms with E-state index in [9.17, 15) is 8.42 Å². The van der Waals surface area contributed by atoms with Crippen LogP contribution in [0.1, 0.15) is 43.4 Å². The van der Waals surface area contributed by atoms with Crippen molar-refractivity contribution in [3.8, 4) is 0 Å². The Labute approximate surface area is 126 Å². The Kier molecular flexibility index (Phi) is 6.01. The van der Waals surface area contributed by atoms with Crippen molar-refractivity contribution in [2.75, 3.05) is 13.6 Å². The molecule has 1 aromatic heterocycles. The fourth-order valence-electron chi connectivity index (χ4n) is 2.72. The molecule has 2 rings (SSSR count). The Balaban J connectivity index is 1.83. The Bertz CT molecular complexity index is 505. The topological polar surface area (TPSA) is 58.2 Å². The highest BCUT2D eigenvalue weighted by Gasteiger charge is 2.18. The van der Waals surface area contributed by atoms with E-state index in [1.54, 1.807) is 6.07 Å². The molecule has 1 aliphatic rings. The molecule has 0 radical (unpaired) electrons. The van der Waals surface area contributed by atoms with Crippen LogP contribution in [0.15, 0.2) is 16.3 Å². The van der Waals surface area contributed by atoms with Gasteiger partial charge in [-0.05, 0) is 31.5 Å². The van der Waals surface area contributed by atoms with Gasteiger partial charge in [0.15, 0.2) is 0 Å². The van der Waals surface area contributed by atoms with Gasteiger partial charge >= 0.3 is 0 Å². The molecule has 1 saturated carbocycles. The standard InChI is InChI=1S/C14H24N2O2S2/c1-15-11-13-7-8-14(19-13)20(17,18)16-10-9-12-5-3-2-4-6-12/h7-8,12,15-16H,2-6,9-11H2,1H3. The maximum Gasteiger partial charge on any atom is 0.250 e. The third-order valence-corrected chi connectivity index (χ3v) is 6.86. The first-order chi connectivity index (χ1) is 9.62. The van der Waals surface area contributed by atoms with Crippen LogP contribution >= 0.6 is 11.3 Å². The molecule has 1 fully saturated rings. The zero-order valence-electron chi connectivity index (χ0n) is 12.0. The molecule has 4 nitrogen and oxygen atoms in total. The van der Waals surface area contributed by atoms with E-state index in [1.165, 1.54) is 43.4 Å². The molecular weight excluding hydrogens is 292 g/mol. The van der Waals surface area contributed by atoms with Crippen LogP contribution in [0.2, 0.25) is 0 Å². The third-order valence-electron chi connectivity index (χ3n) is 3.82. The van der Waals surface area contributed by atoms with Crippen LogP contribution in [0.3, 0.4) is 0 Å². The second-order valence-corrected chi connectivity index (χ2v) is 8.60. The summed E-state index contributed by atoms with van der Waals surface area (Å²) >= 11 is 1.34. The summed E-state index contributed by atoms with van der Waals surface area (Å²) in [6, 6.07) is 3.57. The fourth-order valence-corrected chi connectivity index (χ4v) is 5.18. The van der Waals surface area contributed by atoms with Gasteiger partial charge in [-0.2, -0.15) is 0 Å². The van der Waals surface area contributed by atoms with Gasteiger partial charge < -0.3 is 5.32 Å². The van der Waals surface area contributed by atoms with Crippen molar-refractivity contribution >= 4 is 21.4 Å². The smallest absolute Gasteiger partial charge is 0.250 e. The van der Waals surface area contributed by atoms with Gasteiger partial charge in [0.2, 0.25) is 10.0 Å². The minimum atomic E-state index is -3.32. The first-order valence-corrected chi connectivity index (χ1v) is 9.65. The van der Waals surface area contributed by atoms with E-state index in [4.69, 9.17) is 0 Å². The van der Waals surface area contributed by atoms with Gasteiger partial charge in [0, 0.05) is 18.0 Å². The fraction of sp³-hybridized carbons (Fsp3) is 0.714. The summed E-state index contributed by atoms with van der Waals surface area (Å²) in [5, 5.41) is 3.03. The minimum Gasteiger partial charge on any atom is -0.315 e. The Morgan fingerprint density at radius 3 is 2.70 bits per heavy atom. The maximum atomic E-state index is 12.2. The summed E-state index contributed by atoms with van der Waals surface area (Å²) in [6.07, 6.45) is 7.42. The van der Waals surface area contributed by atoms with Crippen LogP contribution in [-0.2, 0) is 16.6 Å². The highest BCUT2D eigenvalue weighted by Crippen LogP contribution is 2.26. The zero-order valence-corrected chi connectivity index (χ0v) is 13.7. The van der Waals surface area contributed by atoms with Crippen LogP contribution in [-0.4, -0.2) is 22.0 Å². The van der Waals surface area contributed by atoms with Crippen LogP contribution in [0.4, 0.5) is 0 Å². The van der Waals surface area contributed by atoms with E-state index in [0.717, 1.165) is 11.3 Å². The highest BCUT2D eigenvalue weighted by molar-refractivity contribution is 7.91. The van der Waals surface area contributed by atoms with E-state index in [1.807, 2.05) is 13.1 Å². The lowest BCUT2D eigenvalue weighted by Gasteiger charge is -2.21. The van der Waals surface area contributed by atoms with E-state index in [0.29, 0.717) is 23.2 Å². The van der Waals surface area contributed by atoms with Gasteiger partial charge in [-0.25, -0.2) is 13.1 Å². The quantitative estimate of drug-likeness (QED) is 0.813. The lowest BCUT2D eigenvalue weighted by Crippen LogP contribution is -2.26.